The van der Waals surface area contributed by atoms with E-state index in [0.29, 0.717) is 6.92 Å². The zero-order valence-corrected chi connectivity index (χ0v) is 6.04. The van der Waals surface area contributed by atoms with Crippen LogP contribution in [0.2, 0.25) is 0 Å². The first-order valence-corrected chi connectivity index (χ1v) is 2.86. The van der Waals surface area contributed by atoms with Gasteiger partial charge in [0.1, 0.15) is 0 Å². The minimum Gasteiger partial charge on any atom is -0.324 e. The molecule has 0 saturated carbocycles. The third kappa shape index (κ3) is 6.05. The average molecular weight is 176 g/mol. The van der Waals surface area contributed by atoms with Crippen molar-refractivity contribution >= 4 is 0 Å². The van der Waals surface area contributed by atoms with Gasteiger partial charge >= 0.3 is 12.4 Å². The highest BCUT2D eigenvalue weighted by Gasteiger charge is 2.41. The summed E-state index contributed by atoms with van der Waals surface area (Å²) in [5, 5.41) is 0. The van der Waals surface area contributed by atoms with E-state index in [2.05, 4.69) is 9.47 Å². The molecule has 0 fully saturated rings. The van der Waals surface area contributed by atoms with Crippen LogP contribution in [-0.2, 0) is 9.47 Å². The van der Waals surface area contributed by atoms with Crippen LogP contribution in [0, 0.1) is 0 Å². The van der Waals surface area contributed by atoms with E-state index in [4.69, 9.17) is 0 Å². The van der Waals surface area contributed by atoms with Gasteiger partial charge in [0.15, 0.2) is 0 Å². The molecule has 0 amide bonds. The number of alkyl halides is 4. The summed E-state index contributed by atoms with van der Waals surface area (Å²) in [5.41, 5.74) is 0. The molecule has 0 saturated heterocycles. The van der Waals surface area contributed by atoms with Gasteiger partial charge in [-0.05, 0) is 6.92 Å². The molecule has 0 radical (unpaired) electrons. The molecule has 0 heterocycles. The minimum atomic E-state index is -5.02. The molecule has 2 nitrogen and oxygen atoms in total. The number of halogens is 4. The van der Waals surface area contributed by atoms with Crippen LogP contribution >= 0.6 is 0 Å². The fraction of sp³-hybridized carbons (Fsp3) is 1.00. The van der Waals surface area contributed by atoms with Crippen molar-refractivity contribution in [3.63, 3.8) is 0 Å². The highest BCUT2D eigenvalue weighted by molar-refractivity contribution is 4.44. The quantitative estimate of drug-likeness (QED) is 0.484. The lowest BCUT2D eigenvalue weighted by Gasteiger charge is -2.21. The fourth-order valence-electron chi connectivity index (χ4n) is 0.494. The molecule has 11 heavy (non-hydrogen) atoms. The Morgan fingerprint density at radius 1 is 1.18 bits per heavy atom. The van der Waals surface area contributed by atoms with E-state index >= 15 is 0 Å². The molecule has 0 spiro atoms. The molecular weight excluding hydrogens is 168 g/mol. The second-order valence-corrected chi connectivity index (χ2v) is 1.82. The number of hydrogen-bond donors (Lipinski definition) is 0. The summed E-state index contributed by atoms with van der Waals surface area (Å²) < 4.78 is 53.4. The topological polar surface area (TPSA) is 18.5 Å². The number of rotatable bonds is 3. The van der Waals surface area contributed by atoms with E-state index in [0.717, 1.165) is 0 Å². The highest BCUT2D eigenvalue weighted by atomic mass is 19.4. The van der Waals surface area contributed by atoms with E-state index in [1.165, 1.54) is 6.92 Å². The summed E-state index contributed by atoms with van der Waals surface area (Å²) in [4.78, 5) is 0. The normalized spacial score (nSPS) is 18.0. The van der Waals surface area contributed by atoms with E-state index < -0.39 is 12.4 Å². The lowest BCUT2D eigenvalue weighted by Crippen LogP contribution is -2.33. The number of ether oxygens (including phenoxy) is 2. The number of hydrogen-bond acceptors (Lipinski definition) is 2. The van der Waals surface area contributed by atoms with Gasteiger partial charge in [0, 0.05) is 13.5 Å². The summed E-state index contributed by atoms with van der Waals surface area (Å²) in [6.07, 6.45) is -5.02. The van der Waals surface area contributed by atoms with Gasteiger partial charge in [0.2, 0.25) is 0 Å². The summed E-state index contributed by atoms with van der Waals surface area (Å²) in [5.74, 6) is 0. The third-order valence-electron chi connectivity index (χ3n) is 0.700. The van der Waals surface area contributed by atoms with Crippen LogP contribution in [0.1, 0.15) is 13.8 Å². The zero-order chi connectivity index (χ0) is 9.12. The van der Waals surface area contributed by atoms with Crippen LogP contribution in [0.3, 0.4) is 0 Å². The standard InChI is InChI=1S/C5H8F4O2/c1-3-10-4(2,6)11-5(7,8)9/h3H2,1-2H3. The van der Waals surface area contributed by atoms with Gasteiger partial charge in [-0.2, -0.15) is 4.39 Å². The summed E-state index contributed by atoms with van der Waals surface area (Å²) in [6, 6.07) is -3.09. The Labute approximate surface area is 61.1 Å². The Morgan fingerprint density at radius 2 is 1.64 bits per heavy atom. The SMILES string of the molecule is CCOC(C)(F)OC(F)(F)F. The molecule has 0 bridgehead atoms. The molecular formula is C5H8F4O2. The maximum Gasteiger partial charge on any atom is 0.527 e. The maximum absolute atomic E-state index is 12.4. The second-order valence-electron chi connectivity index (χ2n) is 1.82. The van der Waals surface area contributed by atoms with Crippen molar-refractivity contribution in [2.45, 2.75) is 26.3 Å². The van der Waals surface area contributed by atoms with Crippen LogP contribution in [-0.4, -0.2) is 19.0 Å². The molecule has 0 aromatic heterocycles. The summed E-state index contributed by atoms with van der Waals surface area (Å²) in [7, 11) is 0. The van der Waals surface area contributed by atoms with Gasteiger partial charge in [-0.15, -0.1) is 13.2 Å². The third-order valence-corrected chi connectivity index (χ3v) is 0.700. The van der Waals surface area contributed by atoms with Gasteiger partial charge in [-0.3, -0.25) is 0 Å². The molecule has 0 aliphatic heterocycles. The Balaban J connectivity index is 3.91. The largest absolute Gasteiger partial charge is 0.527 e. The second kappa shape index (κ2) is 3.36. The fourth-order valence-corrected chi connectivity index (χ4v) is 0.494. The van der Waals surface area contributed by atoms with Crippen LogP contribution in [0.5, 0.6) is 0 Å². The predicted octanol–water partition coefficient (Wildman–Crippen LogP) is 2.20. The van der Waals surface area contributed by atoms with Crippen molar-refractivity contribution in [2.75, 3.05) is 6.61 Å². The Hall–Kier alpha value is -0.360. The van der Waals surface area contributed by atoms with E-state index in [1.54, 1.807) is 0 Å². The molecule has 6 heteroatoms. The molecule has 0 aromatic carbocycles. The maximum atomic E-state index is 12.4. The molecule has 0 N–H and O–H groups in total. The van der Waals surface area contributed by atoms with Gasteiger partial charge < -0.3 is 4.74 Å². The predicted molar refractivity (Wildman–Crippen MR) is 28.3 cm³/mol. The van der Waals surface area contributed by atoms with Gasteiger partial charge in [0.05, 0.1) is 0 Å². The molecule has 1 unspecified atom stereocenters. The van der Waals surface area contributed by atoms with E-state index in [9.17, 15) is 17.6 Å². The zero-order valence-electron chi connectivity index (χ0n) is 6.04. The van der Waals surface area contributed by atoms with Gasteiger partial charge in [-0.25, -0.2) is 4.74 Å². The molecule has 0 aromatic rings. The first-order valence-electron chi connectivity index (χ1n) is 2.86. The minimum absolute atomic E-state index is 0.191. The van der Waals surface area contributed by atoms with Crippen molar-refractivity contribution in [1.82, 2.24) is 0 Å². The lowest BCUT2D eigenvalue weighted by atomic mass is 10.7. The summed E-state index contributed by atoms with van der Waals surface area (Å²) in [6.45, 7) is 1.71. The van der Waals surface area contributed by atoms with E-state index in [-0.39, 0.29) is 6.61 Å². The first-order chi connectivity index (χ1) is 4.77. The van der Waals surface area contributed by atoms with Crippen molar-refractivity contribution in [2.24, 2.45) is 0 Å². The molecule has 0 rings (SSSR count). The molecule has 0 aliphatic carbocycles. The highest BCUT2D eigenvalue weighted by Crippen LogP contribution is 2.26. The van der Waals surface area contributed by atoms with Crippen LogP contribution < -0.4 is 0 Å². The Morgan fingerprint density at radius 3 is 1.91 bits per heavy atom. The van der Waals surface area contributed by atoms with Crippen LogP contribution in [0.4, 0.5) is 17.6 Å². The van der Waals surface area contributed by atoms with Crippen molar-refractivity contribution in [1.29, 1.82) is 0 Å². The van der Waals surface area contributed by atoms with Crippen LogP contribution in [0.15, 0.2) is 0 Å². The lowest BCUT2D eigenvalue weighted by molar-refractivity contribution is -0.447. The molecule has 0 aliphatic rings. The first kappa shape index (κ1) is 10.6. The van der Waals surface area contributed by atoms with Crippen LogP contribution in [0.25, 0.3) is 0 Å². The van der Waals surface area contributed by atoms with Gasteiger partial charge in [0.25, 0.3) is 0 Å². The Kier molecular flexibility index (Phi) is 3.25. The molecule has 68 valence electrons. The average Bonchev–Trinajstić information content (AvgIpc) is 1.55. The van der Waals surface area contributed by atoms with Crippen molar-refractivity contribution in [3.05, 3.63) is 0 Å². The molecule has 1 atom stereocenters. The van der Waals surface area contributed by atoms with Crippen molar-refractivity contribution < 1.29 is 27.0 Å². The van der Waals surface area contributed by atoms with Gasteiger partial charge in [-0.1, -0.05) is 0 Å². The smallest absolute Gasteiger partial charge is 0.324 e. The van der Waals surface area contributed by atoms with Crippen molar-refractivity contribution in [3.8, 4) is 0 Å². The summed E-state index contributed by atoms with van der Waals surface area (Å²) >= 11 is 0. The Bertz CT molecular complexity index is 120. The monoisotopic (exact) mass is 176 g/mol. The van der Waals surface area contributed by atoms with E-state index in [1.807, 2.05) is 0 Å².